The topological polar surface area (TPSA) is 86.7 Å². The van der Waals surface area contributed by atoms with Gasteiger partial charge in [0.1, 0.15) is 18.0 Å². The van der Waals surface area contributed by atoms with Crippen molar-refractivity contribution >= 4 is 32.6 Å². The van der Waals surface area contributed by atoms with Crippen LogP contribution in [0.3, 0.4) is 0 Å². The third-order valence-electron chi connectivity index (χ3n) is 4.02. The Labute approximate surface area is 147 Å². The van der Waals surface area contributed by atoms with E-state index in [-0.39, 0.29) is 17.2 Å². The lowest BCUT2D eigenvalue weighted by Crippen LogP contribution is -2.30. The number of phenolic OH excluding ortho intramolecular Hbond substituents is 1. The molecule has 0 bridgehead atoms. The predicted octanol–water partition coefficient (Wildman–Crippen LogP) is 2.45. The van der Waals surface area contributed by atoms with Gasteiger partial charge in [0.05, 0.1) is 0 Å². The normalized spacial score (nSPS) is 16.9. The number of carbonyl (C=O) groups is 1. The van der Waals surface area contributed by atoms with Gasteiger partial charge in [-0.1, -0.05) is 12.1 Å². The molecular formula is C16H15F3N2O4S. The first kappa shape index (κ1) is 18.3. The van der Waals surface area contributed by atoms with Gasteiger partial charge in [0.15, 0.2) is 5.82 Å². The van der Waals surface area contributed by atoms with Crippen molar-refractivity contribution in [1.29, 1.82) is 0 Å². The van der Waals surface area contributed by atoms with E-state index in [1.165, 1.54) is 18.2 Å². The number of carbonyl (C=O) groups excluding carboxylic acids is 1. The Morgan fingerprint density at radius 1 is 1.31 bits per heavy atom. The summed E-state index contributed by atoms with van der Waals surface area (Å²) in [5, 5.41) is 10.3. The molecule has 6 nitrogen and oxygen atoms in total. The summed E-state index contributed by atoms with van der Waals surface area (Å²) >= 11 is 0. The molecule has 2 aromatic rings. The molecule has 1 fully saturated rings. The van der Waals surface area contributed by atoms with Gasteiger partial charge in [-0.3, -0.25) is 4.79 Å². The minimum absolute atomic E-state index is 0.00283. The van der Waals surface area contributed by atoms with Crippen molar-refractivity contribution in [3.8, 4) is 5.75 Å². The molecule has 26 heavy (non-hydrogen) atoms. The van der Waals surface area contributed by atoms with Gasteiger partial charge >= 0.3 is 10.2 Å². The second-order valence-electron chi connectivity index (χ2n) is 6.22. The third kappa shape index (κ3) is 3.41. The molecular weight excluding hydrogens is 373 g/mol. The summed E-state index contributed by atoms with van der Waals surface area (Å²) in [7, 11) is -4.31. The van der Waals surface area contributed by atoms with Gasteiger partial charge in [-0.15, -0.1) is 0 Å². The predicted molar refractivity (Wildman–Crippen MR) is 88.9 cm³/mol. The number of anilines is 1. The summed E-state index contributed by atoms with van der Waals surface area (Å²) in [6.45, 7) is 0.118. The van der Waals surface area contributed by atoms with E-state index < -0.39 is 52.3 Å². The Hall–Kier alpha value is -2.49. The second kappa shape index (κ2) is 6.04. The van der Waals surface area contributed by atoms with E-state index in [1.54, 1.807) is 4.72 Å². The smallest absolute Gasteiger partial charge is 0.326 e. The zero-order chi connectivity index (χ0) is 19.3. The number of nitrogens with one attached hydrogen (secondary N) is 1. The third-order valence-corrected chi connectivity index (χ3v) is 5.40. The quantitative estimate of drug-likeness (QED) is 0.843. The molecule has 10 heteroatoms. The molecule has 1 heterocycles. The van der Waals surface area contributed by atoms with Gasteiger partial charge in [0.2, 0.25) is 5.92 Å². The first-order valence-electron chi connectivity index (χ1n) is 7.63. The maximum absolute atomic E-state index is 15.0. The van der Waals surface area contributed by atoms with Crippen molar-refractivity contribution in [2.45, 2.75) is 25.7 Å². The van der Waals surface area contributed by atoms with E-state index in [4.69, 9.17) is 0 Å². The van der Waals surface area contributed by atoms with Gasteiger partial charge in [-0.2, -0.15) is 8.42 Å². The van der Waals surface area contributed by atoms with Crippen LogP contribution < -0.4 is 9.03 Å². The molecule has 1 aliphatic heterocycles. The van der Waals surface area contributed by atoms with Gasteiger partial charge < -0.3 is 5.11 Å². The lowest BCUT2D eigenvalue weighted by molar-refractivity contribution is -0.117. The fourth-order valence-corrected chi connectivity index (χ4v) is 3.94. The number of rotatable bonds is 4. The summed E-state index contributed by atoms with van der Waals surface area (Å²) in [6, 6.07) is 5.47. The molecule has 2 N–H and O–H groups in total. The summed E-state index contributed by atoms with van der Waals surface area (Å²) in [6.07, 6.45) is -0.429. The van der Waals surface area contributed by atoms with Crippen LogP contribution in [0.15, 0.2) is 24.3 Å². The monoisotopic (exact) mass is 388 g/mol. The van der Waals surface area contributed by atoms with Crippen LogP contribution in [0.2, 0.25) is 0 Å². The van der Waals surface area contributed by atoms with Crippen molar-refractivity contribution < 1.29 is 31.5 Å². The maximum atomic E-state index is 15.0. The molecule has 1 saturated heterocycles. The number of fused-ring (bicyclic) bond motifs is 1. The van der Waals surface area contributed by atoms with Crippen LogP contribution in [0.1, 0.15) is 18.9 Å². The summed E-state index contributed by atoms with van der Waals surface area (Å²) in [4.78, 5) is 11.4. The number of phenols is 1. The van der Waals surface area contributed by atoms with E-state index in [0.717, 1.165) is 13.0 Å². The molecule has 2 aromatic carbocycles. The van der Waals surface area contributed by atoms with E-state index in [9.17, 15) is 31.5 Å². The number of amides is 1. The minimum atomic E-state index is -4.31. The number of aromatic hydroxyl groups is 1. The fourth-order valence-electron chi connectivity index (χ4n) is 2.78. The van der Waals surface area contributed by atoms with Crippen molar-refractivity contribution in [3.63, 3.8) is 0 Å². The van der Waals surface area contributed by atoms with Crippen LogP contribution in [0, 0.1) is 5.82 Å². The Morgan fingerprint density at radius 3 is 2.58 bits per heavy atom. The number of nitrogens with zero attached hydrogens (tertiary/aromatic N) is 1. The largest absolute Gasteiger partial charge is 0.506 e. The Kier molecular flexibility index (Phi) is 4.26. The molecule has 3 rings (SSSR count). The fraction of sp³-hybridized carbons (Fsp3) is 0.312. The number of hydrogen-bond acceptors (Lipinski definition) is 4. The molecule has 0 saturated carbocycles. The van der Waals surface area contributed by atoms with Gasteiger partial charge in [0, 0.05) is 11.8 Å². The first-order chi connectivity index (χ1) is 12.0. The number of alkyl halides is 2. The zero-order valence-electron chi connectivity index (χ0n) is 13.6. The van der Waals surface area contributed by atoms with E-state index in [2.05, 4.69) is 0 Å². The highest BCUT2D eigenvalue weighted by Crippen LogP contribution is 2.38. The molecule has 1 amide bonds. The van der Waals surface area contributed by atoms with Crippen LogP contribution in [0.25, 0.3) is 10.8 Å². The van der Waals surface area contributed by atoms with Crippen LogP contribution in [0.5, 0.6) is 5.75 Å². The minimum Gasteiger partial charge on any atom is -0.506 e. The van der Waals surface area contributed by atoms with Crippen molar-refractivity contribution in [3.05, 3.63) is 35.6 Å². The first-order valence-corrected chi connectivity index (χ1v) is 9.07. The van der Waals surface area contributed by atoms with Crippen molar-refractivity contribution in [2.75, 3.05) is 10.8 Å². The average Bonchev–Trinajstić information content (AvgIpc) is 2.77. The number of halogens is 3. The highest BCUT2D eigenvalue weighted by molar-refractivity contribution is 7.92. The van der Waals surface area contributed by atoms with Gasteiger partial charge in [-0.05, 0) is 36.4 Å². The van der Waals surface area contributed by atoms with E-state index >= 15 is 0 Å². The lowest BCUT2D eigenvalue weighted by atomic mass is 10.0. The number of hydrogen-bond donors (Lipinski definition) is 2. The highest BCUT2D eigenvalue weighted by atomic mass is 32.2. The van der Waals surface area contributed by atoms with Gasteiger partial charge in [-0.25, -0.2) is 22.2 Å². The summed E-state index contributed by atoms with van der Waals surface area (Å²) in [5.74, 6) is -5.43. The Balaban J connectivity index is 2.09. The van der Waals surface area contributed by atoms with Gasteiger partial charge in [0.25, 0.3) is 5.91 Å². The highest BCUT2D eigenvalue weighted by Gasteiger charge is 2.37. The molecule has 0 unspecified atom stereocenters. The Bertz CT molecular complexity index is 1000. The van der Waals surface area contributed by atoms with Crippen LogP contribution in [-0.2, 0) is 21.4 Å². The summed E-state index contributed by atoms with van der Waals surface area (Å²) in [5.41, 5.74) is -0.220. The lowest BCUT2D eigenvalue weighted by Gasteiger charge is -2.18. The zero-order valence-corrected chi connectivity index (χ0v) is 14.4. The SMILES string of the molecule is CC(F)(F)CCc1ccc2cc(O)c(N3CC(=O)NS3(=O)=O)c(F)c2c1. The standard InChI is InChI=1S/C16H15F3N2O4S/c1-16(18,19)5-4-9-2-3-10-7-12(22)15(14(17)11(10)6-9)21-8-13(23)20-26(21,24)25/h2-3,6-7,22H,4-5,8H2,1H3,(H,20,23). The molecule has 140 valence electrons. The maximum Gasteiger partial charge on any atom is 0.326 e. The molecule has 0 spiro atoms. The number of benzene rings is 2. The van der Waals surface area contributed by atoms with Crippen molar-refractivity contribution in [2.24, 2.45) is 0 Å². The number of aryl methyl sites for hydroxylation is 1. The van der Waals surface area contributed by atoms with Crippen molar-refractivity contribution in [1.82, 2.24) is 4.72 Å². The van der Waals surface area contributed by atoms with Crippen LogP contribution >= 0.6 is 0 Å². The molecule has 1 aliphatic rings. The second-order valence-corrected chi connectivity index (χ2v) is 7.82. The molecule has 0 atom stereocenters. The Morgan fingerprint density at radius 2 is 2.00 bits per heavy atom. The molecule has 0 aromatic heterocycles. The van der Waals surface area contributed by atoms with E-state index in [0.29, 0.717) is 9.87 Å². The van der Waals surface area contributed by atoms with Crippen LogP contribution in [0.4, 0.5) is 18.9 Å². The van der Waals surface area contributed by atoms with Crippen LogP contribution in [-0.4, -0.2) is 31.9 Å². The average molecular weight is 388 g/mol. The summed E-state index contributed by atoms with van der Waals surface area (Å²) < 4.78 is 67.0. The molecule has 0 radical (unpaired) electrons. The molecule has 0 aliphatic carbocycles. The van der Waals surface area contributed by atoms with E-state index in [1.807, 2.05) is 0 Å².